The average Bonchev–Trinajstić information content (AvgIpc) is 2.65. The molecule has 0 heterocycles. The number of hydrogen-bond acceptors (Lipinski definition) is 2. The van der Waals surface area contributed by atoms with Crippen LogP contribution in [0.15, 0.2) is 0 Å². The van der Waals surface area contributed by atoms with E-state index >= 15 is 0 Å². The molecule has 0 bridgehead atoms. The summed E-state index contributed by atoms with van der Waals surface area (Å²) in [5.41, 5.74) is 0.863. The standard InChI is InChI=1S/C24H42N2O2/c1-23(2)13-9-19(10-14-23)25-21(27)17-5-7-18(8-6-17)22(28)26-20-11-15-24(3,4)16-12-20/h17-20H,5-16H2,1-4H3,(H,25,27)(H,26,28). The first-order valence-electron chi connectivity index (χ1n) is 11.7. The second-order valence-corrected chi connectivity index (χ2v) is 11.4. The third-order valence-electron chi connectivity index (χ3n) is 7.84. The summed E-state index contributed by atoms with van der Waals surface area (Å²) in [6.45, 7) is 9.30. The monoisotopic (exact) mass is 390 g/mol. The first kappa shape index (κ1) is 21.6. The molecule has 4 heteroatoms. The molecule has 0 spiro atoms. The fraction of sp³-hybridized carbons (Fsp3) is 0.917. The average molecular weight is 391 g/mol. The van der Waals surface area contributed by atoms with Crippen molar-refractivity contribution in [1.29, 1.82) is 0 Å². The minimum absolute atomic E-state index is 0.106. The van der Waals surface area contributed by atoms with Crippen LogP contribution in [-0.4, -0.2) is 23.9 Å². The van der Waals surface area contributed by atoms with Crippen molar-refractivity contribution in [2.24, 2.45) is 22.7 Å². The molecule has 0 radical (unpaired) electrons. The number of amides is 2. The zero-order valence-corrected chi connectivity index (χ0v) is 18.6. The first-order chi connectivity index (χ1) is 13.1. The summed E-state index contributed by atoms with van der Waals surface area (Å²) in [4.78, 5) is 25.3. The Labute approximate surface area is 172 Å². The van der Waals surface area contributed by atoms with Crippen LogP contribution in [0.5, 0.6) is 0 Å². The van der Waals surface area contributed by atoms with E-state index in [1.807, 2.05) is 0 Å². The van der Waals surface area contributed by atoms with Crippen molar-refractivity contribution in [2.45, 2.75) is 117 Å². The molecule has 3 aliphatic carbocycles. The van der Waals surface area contributed by atoms with Crippen LogP contribution in [0.4, 0.5) is 0 Å². The van der Waals surface area contributed by atoms with Crippen molar-refractivity contribution in [2.75, 3.05) is 0 Å². The van der Waals surface area contributed by atoms with Crippen LogP contribution >= 0.6 is 0 Å². The molecule has 0 aromatic rings. The summed E-state index contributed by atoms with van der Waals surface area (Å²) in [6.07, 6.45) is 12.7. The smallest absolute Gasteiger partial charge is 0.223 e. The Bertz CT molecular complexity index is 491. The summed E-state index contributed by atoms with van der Waals surface area (Å²) in [7, 11) is 0. The van der Waals surface area contributed by atoms with Crippen molar-refractivity contribution >= 4 is 11.8 Å². The maximum absolute atomic E-state index is 12.7. The lowest BCUT2D eigenvalue weighted by Crippen LogP contribution is -2.45. The number of hydrogen-bond donors (Lipinski definition) is 2. The van der Waals surface area contributed by atoms with Gasteiger partial charge in [0.05, 0.1) is 0 Å². The highest BCUT2D eigenvalue weighted by Gasteiger charge is 2.34. The van der Waals surface area contributed by atoms with E-state index in [1.165, 1.54) is 25.7 Å². The SMILES string of the molecule is CC1(C)CCC(NC(=O)C2CCC(C(=O)NC3CCC(C)(C)CC3)CC2)CC1. The highest BCUT2D eigenvalue weighted by molar-refractivity contribution is 5.81. The van der Waals surface area contributed by atoms with Crippen molar-refractivity contribution in [3.05, 3.63) is 0 Å². The van der Waals surface area contributed by atoms with Gasteiger partial charge in [0, 0.05) is 23.9 Å². The lowest BCUT2D eigenvalue weighted by Gasteiger charge is -2.36. The Morgan fingerprint density at radius 1 is 0.571 bits per heavy atom. The summed E-state index contributed by atoms with van der Waals surface area (Å²) in [6, 6.07) is 0.717. The van der Waals surface area contributed by atoms with Gasteiger partial charge in [-0.3, -0.25) is 9.59 Å². The number of carbonyl (C=O) groups is 2. The van der Waals surface area contributed by atoms with Gasteiger partial charge < -0.3 is 10.6 Å². The topological polar surface area (TPSA) is 58.2 Å². The Balaban J connectivity index is 1.37. The van der Waals surface area contributed by atoms with E-state index in [9.17, 15) is 9.59 Å². The quantitative estimate of drug-likeness (QED) is 0.712. The Hall–Kier alpha value is -1.06. The molecule has 3 fully saturated rings. The van der Waals surface area contributed by atoms with Crippen LogP contribution in [0.25, 0.3) is 0 Å². The van der Waals surface area contributed by atoms with Crippen molar-refractivity contribution in [1.82, 2.24) is 10.6 Å². The molecule has 0 saturated heterocycles. The van der Waals surface area contributed by atoms with Crippen LogP contribution in [-0.2, 0) is 9.59 Å². The van der Waals surface area contributed by atoms with Crippen molar-refractivity contribution < 1.29 is 9.59 Å². The van der Waals surface area contributed by atoms with E-state index < -0.39 is 0 Å². The van der Waals surface area contributed by atoms with Gasteiger partial charge in [0.1, 0.15) is 0 Å². The molecule has 0 aromatic heterocycles. The lowest BCUT2D eigenvalue weighted by atomic mass is 9.75. The fourth-order valence-corrected chi connectivity index (χ4v) is 5.34. The van der Waals surface area contributed by atoms with E-state index in [1.54, 1.807) is 0 Å². The Morgan fingerprint density at radius 2 is 0.857 bits per heavy atom. The zero-order valence-electron chi connectivity index (χ0n) is 18.6. The van der Waals surface area contributed by atoms with Crippen LogP contribution in [0.1, 0.15) is 105 Å². The van der Waals surface area contributed by atoms with Gasteiger partial charge in [0.15, 0.2) is 0 Å². The van der Waals surface area contributed by atoms with Gasteiger partial charge in [-0.15, -0.1) is 0 Å². The molecule has 160 valence electrons. The molecule has 0 unspecified atom stereocenters. The molecule has 3 aliphatic rings. The highest BCUT2D eigenvalue weighted by atomic mass is 16.2. The van der Waals surface area contributed by atoms with E-state index in [4.69, 9.17) is 0 Å². The first-order valence-corrected chi connectivity index (χ1v) is 11.7. The van der Waals surface area contributed by atoms with E-state index in [0.717, 1.165) is 51.4 Å². The third-order valence-corrected chi connectivity index (χ3v) is 7.84. The van der Waals surface area contributed by atoms with Gasteiger partial charge in [-0.05, 0) is 87.9 Å². The molecule has 0 aromatic carbocycles. The second kappa shape index (κ2) is 8.75. The summed E-state index contributed by atoms with van der Waals surface area (Å²) >= 11 is 0. The van der Waals surface area contributed by atoms with E-state index in [0.29, 0.717) is 22.9 Å². The van der Waals surface area contributed by atoms with Crippen LogP contribution in [0, 0.1) is 22.7 Å². The Kier molecular flexibility index (Phi) is 6.76. The molecule has 4 nitrogen and oxygen atoms in total. The van der Waals surface area contributed by atoms with Gasteiger partial charge >= 0.3 is 0 Å². The largest absolute Gasteiger partial charge is 0.353 e. The zero-order chi connectivity index (χ0) is 20.4. The maximum atomic E-state index is 12.7. The highest BCUT2D eigenvalue weighted by Crippen LogP contribution is 2.37. The summed E-state index contributed by atoms with van der Waals surface area (Å²) in [5.74, 6) is 0.681. The van der Waals surface area contributed by atoms with Crippen LogP contribution in [0.3, 0.4) is 0 Å². The summed E-state index contributed by atoms with van der Waals surface area (Å²) in [5, 5.41) is 6.61. The molecule has 3 saturated carbocycles. The molecule has 0 aliphatic heterocycles. The fourth-order valence-electron chi connectivity index (χ4n) is 5.34. The predicted octanol–water partition coefficient (Wildman–Crippen LogP) is 4.96. The number of carbonyl (C=O) groups excluding carboxylic acids is 2. The van der Waals surface area contributed by atoms with E-state index in [-0.39, 0.29) is 23.7 Å². The molecular formula is C24H42N2O2. The van der Waals surface area contributed by atoms with Gasteiger partial charge in [0.2, 0.25) is 11.8 Å². The molecule has 2 amide bonds. The normalized spacial score (nSPS) is 31.1. The van der Waals surface area contributed by atoms with E-state index in [2.05, 4.69) is 38.3 Å². The maximum Gasteiger partial charge on any atom is 0.223 e. The molecule has 28 heavy (non-hydrogen) atoms. The third kappa shape index (κ3) is 5.97. The van der Waals surface area contributed by atoms with Crippen LogP contribution in [0.2, 0.25) is 0 Å². The van der Waals surface area contributed by atoms with Crippen LogP contribution < -0.4 is 10.6 Å². The number of nitrogens with one attached hydrogen (secondary N) is 2. The van der Waals surface area contributed by atoms with Gasteiger partial charge in [-0.1, -0.05) is 27.7 Å². The minimum atomic E-state index is 0.106. The second-order valence-electron chi connectivity index (χ2n) is 11.4. The van der Waals surface area contributed by atoms with Gasteiger partial charge in [0.25, 0.3) is 0 Å². The predicted molar refractivity (Wildman–Crippen MR) is 114 cm³/mol. The lowest BCUT2D eigenvalue weighted by molar-refractivity contribution is -0.131. The Morgan fingerprint density at radius 3 is 1.14 bits per heavy atom. The molecule has 0 atom stereocenters. The van der Waals surface area contributed by atoms with Gasteiger partial charge in [-0.2, -0.15) is 0 Å². The number of rotatable bonds is 4. The summed E-state index contributed by atoms with van der Waals surface area (Å²) < 4.78 is 0. The van der Waals surface area contributed by atoms with Crippen molar-refractivity contribution in [3.63, 3.8) is 0 Å². The molecular weight excluding hydrogens is 348 g/mol. The molecule has 2 N–H and O–H groups in total. The molecule has 3 rings (SSSR count). The minimum Gasteiger partial charge on any atom is -0.353 e. The van der Waals surface area contributed by atoms with Crippen molar-refractivity contribution in [3.8, 4) is 0 Å². The van der Waals surface area contributed by atoms with Gasteiger partial charge in [-0.25, -0.2) is 0 Å².